The third-order valence-corrected chi connectivity index (χ3v) is 3.45. The summed E-state index contributed by atoms with van der Waals surface area (Å²) in [4.78, 5) is 0. The Morgan fingerprint density at radius 1 is 0.682 bits per heavy atom. The highest BCUT2D eigenvalue weighted by atomic mass is 16.5. The molecule has 0 aliphatic heterocycles. The first-order chi connectivity index (χ1) is 10.8. The van der Waals surface area contributed by atoms with Crippen LogP contribution in [0.25, 0.3) is 11.1 Å². The molecule has 110 valence electrons. The third kappa shape index (κ3) is 3.47. The van der Waals surface area contributed by atoms with E-state index in [1.165, 1.54) is 11.1 Å². The predicted molar refractivity (Wildman–Crippen MR) is 92.8 cm³/mol. The van der Waals surface area contributed by atoms with Crippen molar-refractivity contribution >= 4 is 11.4 Å². The van der Waals surface area contributed by atoms with Gasteiger partial charge in [0, 0.05) is 11.4 Å². The Morgan fingerprint density at radius 3 is 1.82 bits per heavy atom. The van der Waals surface area contributed by atoms with E-state index in [1.54, 1.807) is 0 Å². The van der Waals surface area contributed by atoms with E-state index >= 15 is 0 Å². The molecule has 0 unspecified atom stereocenters. The normalized spacial score (nSPS) is 10.2. The number of ether oxygens (including phenoxy) is 1. The average Bonchev–Trinajstić information content (AvgIpc) is 2.58. The summed E-state index contributed by atoms with van der Waals surface area (Å²) in [6, 6.07) is 26.8. The van der Waals surface area contributed by atoms with Crippen LogP contribution >= 0.6 is 0 Å². The van der Waals surface area contributed by atoms with Gasteiger partial charge in [-0.15, -0.1) is 0 Å². The molecular formula is C20H19NO. The lowest BCUT2D eigenvalue weighted by Crippen LogP contribution is -1.93. The van der Waals surface area contributed by atoms with E-state index in [0.717, 1.165) is 17.1 Å². The molecule has 0 bridgehead atoms. The number of nitrogens with one attached hydrogen (secondary N) is 1. The Labute approximate surface area is 131 Å². The summed E-state index contributed by atoms with van der Waals surface area (Å²) >= 11 is 0. The van der Waals surface area contributed by atoms with Crippen LogP contribution in [0.4, 0.5) is 11.4 Å². The summed E-state index contributed by atoms with van der Waals surface area (Å²) in [6.07, 6.45) is 0. The van der Waals surface area contributed by atoms with Crippen molar-refractivity contribution in [3.8, 4) is 16.9 Å². The first-order valence-electron chi connectivity index (χ1n) is 7.50. The van der Waals surface area contributed by atoms with Crippen molar-refractivity contribution in [2.24, 2.45) is 0 Å². The first kappa shape index (κ1) is 14.2. The molecule has 0 heterocycles. The maximum Gasteiger partial charge on any atom is 0.119 e. The van der Waals surface area contributed by atoms with Gasteiger partial charge in [0.25, 0.3) is 0 Å². The van der Waals surface area contributed by atoms with Gasteiger partial charge in [-0.25, -0.2) is 0 Å². The van der Waals surface area contributed by atoms with Crippen molar-refractivity contribution in [2.45, 2.75) is 6.92 Å². The fourth-order valence-corrected chi connectivity index (χ4v) is 2.34. The molecule has 0 amide bonds. The minimum atomic E-state index is 0.688. The predicted octanol–water partition coefficient (Wildman–Crippen LogP) is 5.50. The zero-order chi connectivity index (χ0) is 15.2. The zero-order valence-electron chi connectivity index (χ0n) is 12.6. The molecule has 22 heavy (non-hydrogen) atoms. The highest BCUT2D eigenvalue weighted by Gasteiger charge is 1.99. The van der Waals surface area contributed by atoms with Crippen LogP contribution in [0.1, 0.15) is 6.92 Å². The van der Waals surface area contributed by atoms with Crippen LogP contribution in [0.5, 0.6) is 5.75 Å². The quantitative estimate of drug-likeness (QED) is 0.670. The van der Waals surface area contributed by atoms with Crippen LogP contribution in [-0.4, -0.2) is 6.61 Å². The lowest BCUT2D eigenvalue weighted by molar-refractivity contribution is 0.340. The van der Waals surface area contributed by atoms with E-state index in [-0.39, 0.29) is 0 Å². The Kier molecular flexibility index (Phi) is 4.40. The largest absolute Gasteiger partial charge is 0.494 e. The maximum absolute atomic E-state index is 5.45. The Hall–Kier alpha value is -2.74. The van der Waals surface area contributed by atoms with Crippen LogP contribution in [0.2, 0.25) is 0 Å². The molecule has 2 nitrogen and oxygen atoms in total. The SMILES string of the molecule is CCOc1ccc(Nc2ccc(-c3ccccc3)cc2)cc1. The standard InChI is InChI=1S/C20H19NO/c1-2-22-20-14-12-19(13-15-20)21-18-10-8-17(9-11-18)16-6-4-3-5-7-16/h3-15,21H,2H2,1H3. The van der Waals surface area contributed by atoms with Gasteiger partial charge in [-0.3, -0.25) is 0 Å². The molecule has 0 atom stereocenters. The number of rotatable bonds is 5. The van der Waals surface area contributed by atoms with Gasteiger partial charge < -0.3 is 10.1 Å². The van der Waals surface area contributed by atoms with Gasteiger partial charge in [-0.1, -0.05) is 42.5 Å². The second-order valence-corrected chi connectivity index (χ2v) is 5.03. The van der Waals surface area contributed by atoms with Gasteiger partial charge in [0.15, 0.2) is 0 Å². The number of hydrogen-bond acceptors (Lipinski definition) is 2. The molecule has 0 aromatic heterocycles. The average molecular weight is 289 g/mol. The molecule has 3 aromatic carbocycles. The molecular weight excluding hydrogens is 270 g/mol. The molecule has 0 saturated heterocycles. The minimum Gasteiger partial charge on any atom is -0.494 e. The summed E-state index contributed by atoms with van der Waals surface area (Å²) < 4.78 is 5.45. The van der Waals surface area contributed by atoms with Crippen LogP contribution in [0, 0.1) is 0 Å². The van der Waals surface area contributed by atoms with Crippen LogP contribution in [0.3, 0.4) is 0 Å². The van der Waals surface area contributed by atoms with Gasteiger partial charge in [-0.05, 0) is 54.4 Å². The van der Waals surface area contributed by atoms with Gasteiger partial charge in [0.05, 0.1) is 6.61 Å². The van der Waals surface area contributed by atoms with Gasteiger partial charge >= 0.3 is 0 Å². The van der Waals surface area contributed by atoms with E-state index in [9.17, 15) is 0 Å². The number of anilines is 2. The van der Waals surface area contributed by atoms with Crippen LogP contribution in [-0.2, 0) is 0 Å². The fraction of sp³-hybridized carbons (Fsp3) is 0.100. The summed E-state index contributed by atoms with van der Waals surface area (Å²) in [6.45, 7) is 2.67. The molecule has 0 radical (unpaired) electrons. The zero-order valence-corrected chi connectivity index (χ0v) is 12.6. The smallest absolute Gasteiger partial charge is 0.119 e. The van der Waals surface area contributed by atoms with E-state index in [0.29, 0.717) is 6.61 Å². The molecule has 3 aromatic rings. The minimum absolute atomic E-state index is 0.688. The summed E-state index contributed by atoms with van der Waals surface area (Å²) in [5.74, 6) is 0.896. The van der Waals surface area contributed by atoms with Crippen molar-refractivity contribution in [1.82, 2.24) is 0 Å². The second-order valence-electron chi connectivity index (χ2n) is 5.03. The fourth-order valence-electron chi connectivity index (χ4n) is 2.34. The van der Waals surface area contributed by atoms with Crippen molar-refractivity contribution in [3.05, 3.63) is 78.9 Å². The van der Waals surface area contributed by atoms with Crippen molar-refractivity contribution in [1.29, 1.82) is 0 Å². The summed E-state index contributed by atoms with van der Waals surface area (Å²) in [7, 11) is 0. The molecule has 3 rings (SSSR count). The van der Waals surface area contributed by atoms with Crippen LogP contribution in [0.15, 0.2) is 78.9 Å². The maximum atomic E-state index is 5.45. The van der Waals surface area contributed by atoms with Crippen molar-refractivity contribution < 1.29 is 4.74 Å². The molecule has 0 saturated carbocycles. The highest BCUT2D eigenvalue weighted by Crippen LogP contribution is 2.24. The second kappa shape index (κ2) is 6.81. The van der Waals surface area contributed by atoms with E-state index in [4.69, 9.17) is 4.74 Å². The molecule has 0 aliphatic carbocycles. The lowest BCUT2D eigenvalue weighted by Gasteiger charge is -2.09. The Bertz CT molecular complexity index is 703. The third-order valence-electron chi connectivity index (χ3n) is 3.45. The number of hydrogen-bond donors (Lipinski definition) is 1. The van der Waals surface area contributed by atoms with Crippen molar-refractivity contribution in [3.63, 3.8) is 0 Å². The molecule has 0 aliphatic rings. The topological polar surface area (TPSA) is 21.3 Å². The van der Waals surface area contributed by atoms with Gasteiger partial charge in [-0.2, -0.15) is 0 Å². The Morgan fingerprint density at radius 2 is 1.23 bits per heavy atom. The highest BCUT2D eigenvalue weighted by molar-refractivity contribution is 5.68. The first-order valence-corrected chi connectivity index (χ1v) is 7.50. The van der Waals surface area contributed by atoms with Gasteiger partial charge in [0.1, 0.15) is 5.75 Å². The molecule has 1 N–H and O–H groups in total. The molecule has 0 spiro atoms. The van der Waals surface area contributed by atoms with Crippen molar-refractivity contribution in [2.75, 3.05) is 11.9 Å². The van der Waals surface area contributed by atoms with E-state index in [2.05, 4.69) is 53.8 Å². The summed E-state index contributed by atoms with van der Waals surface area (Å²) in [5.41, 5.74) is 4.58. The monoisotopic (exact) mass is 289 g/mol. The Balaban J connectivity index is 1.71. The molecule has 2 heteroatoms. The molecule has 0 fully saturated rings. The number of benzene rings is 3. The van der Waals surface area contributed by atoms with Crippen LogP contribution < -0.4 is 10.1 Å². The van der Waals surface area contributed by atoms with E-state index < -0.39 is 0 Å². The summed E-state index contributed by atoms with van der Waals surface area (Å²) in [5, 5.41) is 3.40. The lowest BCUT2D eigenvalue weighted by atomic mass is 10.1. The van der Waals surface area contributed by atoms with Gasteiger partial charge in [0.2, 0.25) is 0 Å². The van der Waals surface area contributed by atoms with E-state index in [1.807, 2.05) is 37.3 Å².